The van der Waals surface area contributed by atoms with Crippen molar-refractivity contribution in [3.8, 4) is 0 Å². The summed E-state index contributed by atoms with van der Waals surface area (Å²) in [6.07, 6.45) is 4.48. The lowest BCUT2D eigenvalue weighted by atomic mass is 9.56. The number of hydrogen-bond donors (Lipinski definition) is 3. The Morgan fingerprint density at radius 1 is 1.22 bits per heavy atom. The van der Waals surface area contributed by atoms with Crippen molar-refractivity contribution in [2.45, 2.75) is 18.4 Å². The SMILES string of the molecule is NC(=NCC1(O)C2C3CC4C5C3CC2C5C41)Nc1ccccn1. The number of aromatic nitrogens is 1. The van der Waals surface area contributed by atoms with Crippen molar-refractivity contribution in [3.63, 3.8) is 0 Å². The van der Waals surface area contributed by atoms with E-state index in [1.165, 1.54) is 12.8 Å². The summed E-state index contributed by atoms with van der Waals surface area (Å²) in [4.78, 5) is 8.71. The first-order valence-electron chi connectivity index (χ1n) is 8.89. The number of hydrogen-bond acceptors (Lipinski definition) is 3. The van der Waals surface area contributed by atoms with Crippen molar-refractivity contribution in [1.82, 2.24) is 4.98 Å². The minimum atomic E-state index is -0.596. The first kappa shape index (κ1) is 12.8. The Balaban J connectivity index is 1.25. The molecule has 0 amide bonds. The van der Waals surface area contributed by atoms with E-state index in [0.29, 0.717) is 30.2 Å². The van der Waals surface area contributed by atoms with Gasteiger partial charge in [0.25, 0.3) is 0 Å². The summed E-state index contributed by atoms with van der Waals surface area (Å²) in [7, 11) is 0. The number of aliphatic imine (C=N–C) groups is 1. The molecular weight excluding hydrogens is 288 g/mol. The van der Waals surface area contributed by atoms with Crippen LogP contribution in [0.25, 0.3) is 0 Å². The molecule has 0 aliphatic heterocycles. The number of anilines is 1. The molecule has 1 aromatic heterocycles. The first-order valence-corrected chi connectivity index (χ1v) is 8.89. The van der Waals surface area contributed by atoms with E-state index < -0.39 is 5.60 Å². The lowest BCUT2D eigenvalue weighted by molar-refractivity contribution is -0.123. The molecule has 6 rings (SSSR count). The van der Waals surface area contributed by atoms with Crippen molar-refractivity contribution in [2.75, 3.05) is 11.9 Å². The van der Waals surface area contributed by atoms with Gasteiger partial charge in [-0.25, -0.2) is 4.98 Å². The van der Waals surface area contributed by atoms with Crippen LogP contribution in [0.1, 0.15) is 12.8 Å². The first-order chi connectivity index (χ1) is 11.2. The molecule has 5 aliphatic carbocycles. The Morgan fingerprint density at radius 3 is 2.87 bits per heavy atom. The summed E-state index contributed by atoms with van der Waals surface area (Å²) in [5.41, 5.74) is 5.42. The van der Waals surface area contributed by atoms with Gasteiger partial charge in [0.2, 0.25) is 0 Å². The lowest BCUT2D eigenvalue weighted by Gasteiger charge is -2.51. The van der Waals surface area contributed by atoms with Crippen LogP contribution in [0.15, 0.2) is 29.4 Å². The molecule has 5 heteroatoms. The van der Waals surface area contributed by atoms with Gasteiger partial charge in [-0.2, -0.15) is 0 Å². The fourth-order valence-electron chi connectivity index (χ4n) is 7.75. The van der Waals surface area contributed by atoms with E-state index in [-0.39, 0.29) is 0 Å². The zero-order valence-electron chi connectivity index (χ0n) is 13.0. The van der Waals surface area contributed by atoms with Gasteiger partial charge in [0.1, 0.15) is 5.82 Å². The number of aliphatic hydroxyl groups is 1. The second-order valence-corrected chi connectivity index (χ2v) is 8.37. The number of pyridine rings is 1. The van der Waals surface area contributed by atoms with Crippen LogP contribution in [0.4, 0.5) is 5.82 Å². The van der Waals surface area contributed by atoms with Gasteiger partial charge in [0, 0.05) is 6.20 Å². The Bertz CT molecular complexity index is 700. The molecule has 120 valence electrons. The van der Waals surface area contributed by atoms with E-state index in [1.54, 1.807) is 6.20 Å². The summed E-state index contributed by atoms with van der Waals surface area (Å²) >= 11 is 0. The van der Waals surface area contributed by atoms with Crippen LogP contribution in [0.2, 0.25) is 0 Å². The molecule has 23 heavy (non-hydrogen) atoms. The van der Waals surface area contributed by atoms with E-state index >= 15 is 0 Å². The van der Waals surface area contributed by atoms with Gasteiger partial charge in [-0.15, -0.1) is 0 Å². The maximum Gasteiger partial charge on any atom is 0.194 e. The quantitative estimate of drug-likeness (QED) is 0.581. The van der Waals surface area contributed by atoms with Crippen LogP contribution < -0.4 is 11.1 Å². The van der Waals surface area contributed by atoms with Crippen LogP contribution >= 0.6 is 0 Å². The number of rotatable bonds is 3. The zero-order chi connectivity index (χ0) is 15.3. The van der Waals surface area contributed by atoms with Crippen molar-refractivity contribution < 1.29 is 5.11 Å². The molecule has 0 spiro atoms. The molecular formula is C18H22N4O. The third-order valence-corrected chi connectivity index (χ3v) is 7.94. The van der Waals surface area contributed by atoms with Crippen LogP contribution in [-0.2, 0) is 0 Å². The van der Waals surface area contributed by atoms with Gasteiger partial charge in [0.05, 0.1) is 12.1 Å². The number of nitrogens with zero attached hydrogens (tertiary/aromatic N) is 2. The van der Waals surface area contributed by atoms with Gasteiger partial charge >= 0.3 is 0 Å². The summed E-state index contributed by atoms with van der Waals surface area (Å²) in [5.74, 6) is 7.06. The standard InChI is InChI=1S/C18H22N4O/c19-17(22-12-3-1-2-4-20-12)21-7-18(23)15-9-6-10-13-8(9)5-11(15)14(13)16(10)18/h1-4,8-11,13-16,23H,5-7H2,(H3,19,20,21,22). The highest BCUT2D eigenvalue weighted by Gasteiger charge is 2.84. The second-order valence-electron chi connectivity index (χ2n) is 8.37. The van der Waals surface area contributed by atoms with Gasteiger partial charge in [-0.1, -0.05) is 6.07 Å². The van der Waals surface area contributed by atoms with Crippen molar-refractivity contribution in [3.05, 3.63) is 24.4 Å². The van der Waals surface area contributed by atoms with E-state index in [2.05, 4.69) is 15.3 Å². The molecule has 5 saturated carbocycles. The van der Waals surface area contributed by atoms with Gasteiger partial charge in [-0.3, -0.25) is 4.99 Å². The number of nitrogens with one attached hydrogen (secondary N) is 1. The highest BCUT2D eigenvalue weighted by Crippen LogP contribution is 2.85. The topological polar surface area (TPSA) is 83.5 Å². The van der Waals surface area contributed by atoms with E-state index in [4.69, 9.17) is 5.73 Å². The minimum Gasteiger partial charge on any atom is -0.387 e. The number of guanidine groups is 1. The summed E-state index contributed by atoms with van der Waals surface area (Å²) < 4.78 is 0. The van der Waals surface area contributed by atoms with E-state index in [0.717, 1.165) is 35.5 Å². The van der Waals surface area contributed by atoms with Crippen molar-refractivity contribution >= 4 is 11.8 Å². The third kappa shape index (κ3) is 1.31. The average molecular weight is 310 g/mol. The Labute approximate surface area is 135 Å². The Morgan fingerprint density at radius 2 is 2.04 bits per heavy atom. The fourth-order valence-corrected chi connectivity index (χ4v) is 7.75. The third-order valence-electron chi connectivity index (χ3n) is 7.94. The maximum atomic E-state index is 11.5. The molecule has 2 bridgehead atoms. The van der Waals surface area contributed by atoms with Gasteiger partial charge in [0.15, 0.2) is 5.96 Å². The zero-order valence-corrected chi connectivity index (χ0v) is 13.0. The molecule has 0 aromatic carbocycles. The molecule has 1 heterocycles. The monoisotopic (exact) mass is 310 g/mol. The molecule has 5 aliphatic rings. The molecule has 0 saturated heterocycles. The highest BCUT2D eigenvalue weighted by atomic mass is 16.3. The molecule has 9 atom stereocenters. The lowest BCUT2D eigenvalue weighted by Crippen LogP contribution is -2.56. The predicted octanol–water partition coefficient (Wildman–Crippen LogP) is 1.32. The highest BCUT2D eigenvalue weighted by molar-refractivity contribution is 5.91. The van der Waals surface area contributed by atoms with Crippen LogP contribution in [0.3, 0.4) is 0 Å². The molecule has 4 N–H and O–H groups in total. The Kier molecular flexibility index (Phi) is 2.16. The second kappa shape index (κ2) is 3.89. The minimum absolute atomic E-state index is 0.357. The summed E-state index contributed by atoms with van der Waals surface area (Å²) in [5, 5.41) is 14.5. The smallest absolute Gasteiger partial charge is 0.194 e. The van der Waals surface area contributed by atoms with Gasteiger partial charge in [-0.05, 0) is 72.3 Å². The Hall–Kier alpha value is -1.62. The number of fused-ring (bicyclic) bond motifs is 2. The van der Waals surface area contributed by atoms with E-state index in [1.807, 2.05) is 18.2 Å². The maximum absolute atomic E-state index is 11.5. The fraction of sp³-hybridized carbons (Fsp3) is 0.667. The molecule has 5 fully saturated rings. The molecule has 1 aromatic rings. The predicted molar refractivity (Wildman–Crippen MR) is 86.5 cm³/mol. The largest absolute Gasteiger partial charge is 0.387 e. The van der Waals surface area contributed by atoms with Gasteiger partial charge < -0.3 is 16.2 Å². The van der Waals surface area contributed by atoms with Crippen molar-refractivity contribution in [2.24, 2.45) is 58.1 Å². The van der Waals surface area contributed by atoms with Crippen LogP contribution in [0, 0.1) is 47.3 Å². The van der Waals surface area contributed by atoms with Crippen LogP contribution in [-0.4, -0.2) is 28.2 Å². The van der Waals surface area contributed by atoms with Crippen molar-refractivity contribution in [1.29, 1.82) is 0 Å². The number of nitrogens with two attached hydrogens (primary N) is 1. The van der Waals surface area contributed by atoms with E-state index in [9.17, 15) is 5.11 Å². The molecule has 5 nitrogen and oxygen atoms in total. The average Bonchev–Trinajstić information content (AvgIpc) is 3.05. The summed E-state index contributed by atoms with van der Waals surface area (Å²) in [6, 6.07) is 5.64. The molecule has 0 radical (unpaired) electrons. The van der Waals surface area contributed by atoms with Crippen LogP contribution in [0.5, 0.6) is 0 Å². The summed E-state index contributed by atoms with van der Waals surface area (Å²) in [6.45, 7) is 0.452. The normalized spacial score (nSPS) is 53.9. The molecule has 9 unspecified atom stereocenters.